The molecule has 0 fully saturated rings. The van der Waals surface area contributed by atoms with Crippen LogP contribution in [0.3, 0.4) is 0 Å². The fourth-order valence-electron chi connectivity index (χ4n) is 3.17. The number of nitrogens with zero attached hydrogens (tertiary/aromatic N) is 6. The first-order valence-corrected chi connectivity index (χ1v) is 9.37. The Morgan fingerprint density at radius 3 is 2.58 bits per heavy atom. The fourth-order valence-corrected chi connectivity index (χ4v) is 3.17. The van der Waals surface area contributed by atoms with Gasteiger partial charge in [0.1, 0.15) is 17.3 Å². The Kier molecular flexibility index (Phi) is 5.22. The molecule has 0 aliphatic rings. The zero-order valence-corrected chi connectivity index (χ0v) is 17.1. The lowest BCUT2D eigenvalue weighted by Crippen LogP contribution is -2.10. The van der Waals surface area contributed by atoms with Crippen molar-refractivity contribution in [1.29, 1.82) is 0 Å². The van der Waals surface area contributed by atoms with Gasteiger partial charge >= 0.3 is 6.18 Å². The number of imidazole rings is 1. The third-order valence-corrected chi connectivity index (χ3v) is 4.72. The summed E-state index contributed by atoms with van der Waals surface area (Å²) in [5.41, 5.74) is 1.75. The molecule has 3 aromatic heterocycles. The molecule has 31 heavy (non-hydrogen) atoms. The summed E-state index contributed by atoms with van der Waals surface area (Å²) in [5.74, 6) is 1.55. The van der Waals surface area contributed by atoms with E-state index in [1.165, 1.54) is 16.8 Å². The Morgan fingerprint density at radius 2 is 1.90 bits per heavy atom. The molecule has 4 rings (SSSR count). The predicted molar refractivity (Wildman–Crippen MR) is 107 cm³/mol. The van der Waals surface area contributed by atoms with Gasteiger partial charge in [-0.25, -0.2) is 15.0 Å². The minimum Gasteiger partial charge on any atom is -0.495 e. The molecule has 0 saturated heterocycles. The van der Waals surface area contributed by atoms with E-state index < -0.39 is 11.9 Å². The molecule has 10 heteroatoms. The van der Waals surface area contributed by atoms with Gasteiger partial charge in [-0.05, 0) is 37.3 Å². The van der Waals surface area contributed by atoms with E-state index >= 15 is 0 Å². The average Bonchev–Trinajstić information content (AvgIpc) is 3.33. The molecule has 0 aliphatic heterocycles. The number of rotatable bonds is 5. The lowest BCUT2D eigenvalue weighted by Gasteiger charge is -2.10. The van der Waals surface area contributed by atoms with Crippen LogP contribution in [0.15, 0.2) is 48.9 Å². The second kappa shape index (κ2) is 7.86. The fraction of sp³-hybridized carbons (Fsp3) is 0.238. The molecule has 0 spiro atoms. The molecule has 0 saturated carbocycles. The highest BCUT2D eigenvalue weighted by Gasteiger charge is 2.32. The molecule has 0 unspecified atom stereocenters. The topological polar surface area (TPSA) is 70.7 Å². The zero-order valence-electron chi connectivity index (χ0n) is 17.1. The van der Waals surface area contributed by atoms with E-state index in [0.717, 1.165) is 23.0 Å². The third kappa shape index (κ3) is 4.27. The first-order valence-electron chi connectivity index (χ1n) is 9.37. The number of hydrogen-bond acceptors (Lipinski definition) is 5. The number of alkyl halides is 3. The number of benzene rings is 1. The quantitative estimate of drug-likeness (QED) is 0.481. The summed E-state index contributed by atoms with van der Waals surface area (Å²) in [4.78, 5) is 12.4. The minimum atomic E-state index is -4.49. The number of methoxy groups -OCH3 is 1. The van der Waals surface area contributed by atoms with Crippen LogP contribution < -0.4 is 4.74 Å². The van der Waals surface area contributed by atoms with Crippen LogP contribution in [0.2, 0.25) is 0 Å². The largest absolute Gasteiger partial charge is 0.495 e. The van der Waals surface area contributed by atoms with Crippen molar-refractivity contribution in [2.75, 3.05) is 7.11 Å². The standard InChI is InChI=1S/C21H19F3N6O/c1-13-11-30(12-25-13)16-8-7-14(9-17(16)31-3)20-27-19(29(2)28-20)10-15-5-4-6-18(26-15)21(22,23)24/h4-9,11-12H,10H2,1-3H3. The number of hydrogen-bond donors (Lipinski definition) is 0. The van der Waals surface area contributed by atoms with Crippen LogP contribution in [0, 0.1) is 6.92 Å². The predicted octanol–water partition coefficient (Wildman–Crippen LogP) is 3.99. The van der Waals surface area contributed by atoms with E-state index in [2.05, 4.69) is 20.1 Å². The second-order valence-electron chi connectivity index (χ2n) is 6.97. The highest BCUT2D eigenvalue weighted by molar-refractivity contribution is 5.63. The summed E-state index contributed by atoms with van der Waals surface area (Å²) in [6.45, 7) is 1.90. The minimum absolute atomic E-state index is 0.122. The van der Waals surface area contributed by atoms with E-state index in [4.69, 9.17) is 4.74 Å². The highest BCUT2D eigenvalue weighted by Crippen LogP contribution is 2.29. The summed E-state index contributed by atoms with van der Waals surface area (Å²) in [6, 6.07) is 9.36. The van der Waals surface area contributed by atoms with Gasteiger partial charge in [0.05, 0.1) is 24.8 Å². The molecular formula is C21H19F3N6O. The smallest absolute Gasteiger partial charge is 0.433 e. The SMILES string of the molecule is COc1cc(-c2nc(Cc3cccc(C(F)(F)F)n3)n(C)n2)ccc1-n1cnc(C)c1. The Balaban J connectivity index is 1.63. The summed E-state index contributed by atoms with van der Waals surface area (Å²) in [5, 5.41) is 4.41. The molecule has 0 amide bonds. The molecule has 0 radical (unpaired) electrons. The number of ether oxygens (including phenoxy) is 1. The molecule has 0 bridgehead atoms. The van der Waals surface area contributed by atoms with Crippen molar-refractivity contribution >= 4 is 0 Å². The van der Waals surface area contributed by atoms with E-state index in [1.54, 1.807) is 20.5 Å². The highest BCUT2D eigenvalue weighted by atomic mass is 19.4. The lowest BCUT2D eigenvalue weighted by molar-refractivity contribution is -0.141. The molecule has 0 N–H and O–H groups in total. The van der Waals surface area contributed by atoms with E-state index in [-0.39, 0.29) is 12.1 Å². The molecule has 0 atom stereocenters. The van der Waals surface area contributed by atoms with Gasteiger partial charge in [0.15, 0.2) is 5.82 Å². The number of aryl methyl sites for hydroxylation is 2. The Morgan fingerprint density at radius 1 is 1.10 bits per heavy atom. The maximum absolute atomic E-state index is 12.9. The van der Waals surface area contributed by atoms with Crippen LogP contribution in [-0.2, 0) is 19.6 Å². The van der Waals surface area contributed by atoms with Crippen LogP contribution in [-0.4, -0.2) is 36.4 Å². The van der Waals surface area contributed by atoms with Crippen LogP contribution in [0.5, 0.6) is 5.75 Å². The lowest BCUT2D eigenvalue weighted by atomic mass is 10.1. The monoisotopic (exact) mass is 428 g/mol. The van der Waals surface area contributed by atoms with Gasteiger partial charge in [0.25, 0.3) is 0 Å². The van der Waals surface area contributed by atoms with Crippen LogP contribution in [0.4, 0.5) is 13.2 Å². The molecule has 1 aromatic carbocycles. The zero-order chi connectivity index (χ0) is 22.2. The maximum atomic E-state index is 12.9. The maximum Gasteiger partial charge on any atom is 0.433 e. The van der Waals surface area contributed by atoms with Gasteiger partial charge in [-0.15, -0.1) is 0 Å². The van der Waals surface area contributed by atoms with Crippen LogP contribution in [0.1, 0.15) is 22.9 Å². The van der Waals surface area contributed by atoms with Crippen molar-refractivity contribution < 1.29 is 17.9 Å². The van der Waals surface area contributed by atoms with Crippen LogP contribution in [0.25, 0.3) is 17.1 Å². The van der Waals surface area contributed by atoms with Crippen molar-refractivity contribution in [3.63, 3.8) is 0 Å². The number of pyridine rings is 1. The third-order valence-electron chi connectivity index (χ3n) is 4.72. The summed E-state index contributed by atoms with van der Waals surface area (Å²) in [6.07, 6.45) is -0.785. The molecular weight excluding hydrogens is 409 g/mol. The second-order valence-corrected chi connectivity index (χ2v) is 6.97. The summed E-state index contributed by atoms with van der Waals surface area (Å²) >= 11 is 0. The van der Waals surface area contributed by atoms with Gasteiger partial charge in [-0.3, -0.25) is 4.68 Å². The summed E-state index contributed by atoms with van der Waals surface area (Å²) < 4.78 is 47.7. The summed E-state index contributed by atoms with van der Waals surface area (Å²) in [7, 11) is 3.27. The van der Waals surface area contributed by atoms with E-state index in [0.29, 0.717) is 17.4 Å². The van der Waals surface area contributed by atoms with Crippen molar-refractivity contribution in [2.24, 2.45) is 7.05 Å². The van der Waals surface area contributed by atoms with Gasteiger partial charge in [-0.1, -0.05) is 6.07 Å². The Bertz CT molecular complexity index is 1230. The van der Waals surface area contributed by atoms with E-state index in [1.807, 2.05) is 35.9 Å². The number of aromatic nitrogens is 6. The first kappa shape index (κ1) is 20.6. The van der Waals surface area contributed by atoms with Gasteiger partial charge in [-0.2, -0.15) is 18.3 Å². The van der Waals surface area contributed by atoms with Crippen molar-refractivity contribution in [2.45, 2.75) is 19.5 Å². The van der Waals surface area contributed by atoms with Gasteiger partial charge < -0.3 is 9.30 Å². The van der Waals surface area contributed by atoms with E-state index in [9.17, 15) is 13.2 Å². The Hall–Kier alpha value is -3.69. The van der Waals surface area contributed by atoms with Crippen molar-refractivity contribution in [3.8, 4) is 22.8 Å². The molecule has 4 aromatic rings. The molecule has 0 aliphatic carbocycles. The van der Waals surface area contributed by atoms with Gasteiger partial charge in [0.2, 0.25) is 0 Å². The normalized spacial score (nSPS) is 11.7. The molecule has 160 valence electrons. The molecule has 3 heterocycles. The number of halogens is 3. The first-order chi connectivity index (χ1) is 14.7. The average molecular weight is 428 g/mol. The van der Waals surface area contributed by atoms with Crippen molar-refractivity contribution in [1.82, 2.24) is 29.3 Å². The van der Waals surface area contributed by atoms with Gasteiger partial charge in [0, 0.05) is 30.9 Å². The Labute approximate surface area is 176 Å². The van der Waals surface area contributed by atoms with Crippen molar-refractivity contribution in [3.05, 3.63) is 71.8 Å². The van der Waals surface area contributed by atoms with Crippen LogP contribution >= 0.6 is 0 Å². The molecule has 7 nitrogen and oxygen atoms in total.